The molecule has 0 unspecified atom stereocenters. The molecule has 4 heteroatoms. The third-order valence-electron chi connectivity index (χ3n) is 4.07. The lowest BCUT2D eigenvalue weighted by Crippen LogP contribution is -2.43. The van der Waals surface area contributed by atoms with Crippen LogP contribution in [-0.4, -0.2) is 48.7 Å². The van der Waals surface area contributed by atoms with Crippen LogP contribution in [0, 0.1) is 0 Å². The predicted molar refractivity (Wildman–Crippen MR) is 76.9 cm³/mol. The predicted octanol–water partition coefficient (Wildman–Crippen LogP) is 2.31. The number of piperidine rings is 1. The fourth-order valence-corrected chi connectivity index (χ4v) is 2.78. The van der Waals surface area contributed by atoms with E-state index in [0.717, 1.165) is 38.2 Å². The molecule has 0 atom stereocenters. The monoisotopic (exact) mass is 262 g/mol. The molecule has 104 valence electrons. The average molecular weight is 262 g/mol. The van der Waals surface area contributed by atoms with Crippen molar-refractivity contribution in [3.63, 3.8) is 0 Å². The number of likely N-dealkylation sites (tertiary alicyclic amines) is 1. The van der Waals surface area contributed by atoms with Crippen molar-refractivity contribution < 1.29 is 9.90 Å². The molecule has 0 spiro atoms. The standard InChI is InChI=1S/C15H22N2O2/c1-3-17-10-8-12(9-11-17)16(2)14-7-5-4-6-13(14)15(18)19/h4-7,12H,3,8-11H2,1-2H3,(H,18,19). The Labute approximate surface area is 114 Å². The molecule has 2 rings (SSSR count). The minimum absolute atomic E-state index is 0.392. The topological polar surface area (TPSA) is 43.8 Å². The Morgan fingerprint density at radius 2 is 2.00 bits per heavy atom. The van der Waals surface area contributed by atoms with Crippen LogP contribution in [0.15, 0.2) is 24.3 Å². The highest BCUT2D eigenvalue weighted by molar-refractivity contribution is 5.94. The molecule has 1 saturated heterocycles. The Morgan fingerprint density at radius 1 is 1.37 bits per heavy atom. The maximum atomic E-state index is 11.3. The lowest BCUT2D eigenvalue weighted by molar-refractivity contribution is 0.0697. The maximum absolute atomic E-state index is 11.3. The first-order valence-corrected chi connectivity index (χ1v) is 6.91. The molecule has 1 N–H and O–H groups in total. The van der Waals surface area contributed by atoms with Crippen LogP contribution < -0.4 is 4.90 Å². The number of anilines is 1. The lowest BCUT2D eigenvalue weighted by Gasteiger charge is -2.37. The highest BCUT2D eigenvalue weighted by atomic mass is 16.4. The van der Waals surface area contributed by atoms with E-state index in [9.17, 15) is 9.90 Å². The first-order valence-electron chi connectivity index (χ1n) is 6.91. The third kappa shape index (κ3) is 3.07. The quantitative estimate of drug-likeness (QED) is 0.904. The minimum atomic E-state index is -0.853. The van der Waals surface area contributed by atoms with Crippen LogP contribution in [0.3, 0.4) is 0 Å². The SMILES string of the molecule is CCN1CCC(N(C)c2ccccc2C(=O)O)CC1. The molecule has 1 aromatic rings. The molecule has 4 nitrogen and oxygen atoms in total. The summed E-state index contributed by atoms with van der Waals surface area (Å²) in [6.07, 6.45) is 2.19. The summed E-state index contributed by atoms with van der Waals surface area (Å²) < 4.78 is 0. The Balaban J connectivity index is 2.12. The Morgan fingerprint density at radius 3 is 2.58 bits per heavy atom. The summed E-state index contributed by atoms with van der Waals surface area (Å²) in [4.78, 5) is 15.8. The van der Waals surface area contributed by atoms with Crippen LogP contribution in [0.4, 0.5) is 5.69 Å². The van der Waals surface area contributed by atoms with Crippen LogP contribution >= 0.6 is 0 Å². The molecular formula is C15H22N2O2. The zero-order valence-electron chi connectivity index (χ0n) is 11.7. The van der Waals surface area contributed by atoms with E-state index < -0.39 is 5.97 Å². The summed E-state index contributed by atoms with van der Waals surface area (Å²) in [7, 11) is 2.01. The van der Waals surface area contributed by atoms with Crippen molar-refractivity contribution in [1.29, 1.82) is 0 Å². The van der Waals surface area contributed by atoms with Crippen molar-refractivity contribution in [3.05, 3.63) is 29.8 Å². The van der Waals surface area contributed by atoms with Crippen molar-refractivity contribution in [1.82, 2.24) is 4.90 Å². The van der Waals surface area contributed by atoms with Gasteiger partial charge in [0.15, 0.2) is 0 Å². The van der Waals surface area contributed by atoms with Crippen LogP contribution in [0.25, 0.3) is 0 Å². The van der Waals surface area contributed by atoms with E-state index in [-0.39, 0.29) is 0 Å². The van der Waals surface area contributed by atoms with Crippen LogP contribution in [0.2, 0.25) is 0 Å². The second-order valence-electron chi connectivity index (χ2n) is 5.10. The number of para-hydroxylation sites is 1. The maximum Gasteiger partial charge on any atom is 0.337 e. The number of nitrogens with zero attached hydrogens (tertiary/aromatic N) is 2. The van der Waals surface area contributed by atoms with Gasteiger partial charge in [-0.05, 0) is 31.5 Å². The molecule has 1 aromatic carbocycles. The number of rotatable bonds is 4. The van der Waals surface area contributed by atoms with Crippen molar-refractivity contribution in [2.24, 2.45) is 0 Å². The number of aromatic carboxylic acids is 1. The number of hydrogen-bond acceptors (Lipinski definition) is 3. The third-order valence-corrected chi connectivity index (χ3v) is 4.07. The molecule has 0 radical (unpaired) electrons. The number of carboxylic acid groups (broad SMARTS) is 1. The smallest absolute Gasteiger partial charge is 0.337 e. The summed E-state index contributed by atoms with van der Waals surface area (Å²) >= 11 is 0. The van der Waals surface area contributed by atoms with Crippen LogP contribution in [0.5, 0.6) is 0 Å². The Hall–Kier alpha value is -1.55. The summed E-state index contributed by atoms with van der Waals surface area (Å²) in [6, 6.07) is 7.69. The van der Waals surface area contributed by atoms with Gasteiger partial charge < -0.3 is 14.9 Å². The van der Waals surface area contributed by atoms with Gasteiger partial charge in [0.05, 0.1) is 11.3 Å². The first-order chi connectivity index (χ1) is 9.13. The van der Waals surface area contributed by atoms with Gasteiger partial charge in [0.1, 0.15) is 0 Å². The minimum Gasteiger partial charge on any atom is -0.478 e. The first kappa shape index (κ1) is 13.9. The summed E-state index contributed by atoms with van der Waals surface area (Å²) in [5, 5.41) is 9.26. The van der Waals surface area contributed by atoms with Gasteiger partial charge in [-0.25, -0.2) is 4.79 Å². The van der Waals surface area contributed by atoms with Gasteiger partial charge in [0, 0.05) is 26.2 Å². The molecule has 1 aliphatic heterocycles. The molecule has 19 heavy (non-hydrogen) atoms. The van der Waals surface area contributed by atoms with Crippen LogP contribution in [-0.2, 0) is 0 Å². The van der Waals surface area contributed by atoms with Crippen molar-refractivity contribution in [2.75, 3.05) is 31.6 Å². The fourth-order valence-electron chi connectivity index (χ4n) is 2.78. The van der Waals surface area contributed by atoms with E-state index >= 15 is 0 Å². The highest BCUT2D eigenvalue weighted by Gasteiger charge is 2.24. The zero-order valence-corrected chi connectivity index (χ0v) is 11.7. The second-order valence-corrected chi connectivity index (χ2v) is 5.10. The van der Waals surface area contributed by atoms with Gasteiger partial charge >= 0.3 is 5.97 Å². The molecule has 0 aromatic heterocycles. The van der Waals surface area contributed by atoms with Gasteiger partial charge in [-0.2, -0.15) is 0 Å². The van der Waals surface area contributed by atoms with Crippen molar-refractivity contribution >= 4 is 11.7 Å². The lowest BCUT2D eigenvalue weighted by atomic mass is 10.0. The van der Waals surface area contributed by atoms with E-state index in [1.54, 1.807) is 12.1 Å². The van der Waals surface area contributed by atoms with Crippen molar-refractivity contribution in [2.45, 2.75) is 25.8 Å². The highest BCUT2D eigenvalue weighted by Crippen LogP contribution is 2.25. The normalized spacial score (nSPS) is 17.4. The van der Waals surface area contributed by atoms with Gasteiger partial charge in [-0.1, -0.05) is 19.1 Å². The molecule has 1 heterocycles. The van der Waals surface area contributed by atoms with Gasteiger partial charge in [0.25, 0.3) is 0 Å². The van der Waals surface area contributed by atoms with E-state index in [4.69, 9.17) is 0 Å². The fraction of sp³-hybridized carbons (Fsp3) is 0.533. The molecule has 0 aliphatic carbocycles. The molecule has 0 bridgehead atoms. The Kier molecular flexibility index (Phi) is 4.43. The number of hydrogen-bond donors (Lipinski definition) is 1. The van der Waals surface area contributed by atoms with E-state index in [1.165, 1.54) is 0 Å². The van der Waals surface area contributed by atoms with E-state index in [0.29, 0.717) is 11.6 Å². The largest absolute Gasteiger partial charge is 0.478 e. The van der Waals surface area contributed by atoms with Gasteiger partial charge in [0.2, 0.25) is 0 Å². The second kappa shape index (κ2) is 6.06. The summed E-state index contributed by atoms with van der Waals surface area (Å²) in [5.41, 5.74) is 1.22. The molecule has 0 amide bonds. The van der Waals surface area contributed by atoms with Crippen LogP contribution in [0.1, 0.15) is 30.1 Å². The van der Waals surface area contributed by atoms with Gasteiger partial charge in [-0.3, -0.25) is 0 Å². The summed E-state index contributed by atoms with van der Waals surface area (Å²) in [6.45, 7) is 5.48. The molecule has 1 fully saturated rings. The summed E-state index contributed by atoms with van der Waals surface area (Å²) in [5.74, 6) is -0.853. The van der Waals surface area contributed by atoms with Gasteiger partial charge in [-0.15, -0.1) is 0 Å². The molecular weight excluding hydrogens is 240 g/mol. The average Bonchev–Trinajstić information content (AvgIpc) is 2.46. The number of carboxylic acids is 1. The van der Waals surface area contributed by atoms with Crippen molar-refractivity contribution in [3.8, 4) is 0 Å². The number of benzene rings is 1. The molecule has 1 aliphatic rings. The Bertz CT molecular complexity index is 440. The zero-order chi connectivity index (χ0) is 13.8. The van der Waals surface area contributed by atoms with E-state index in [1.807, 2.05) is 19.2 Å². The molecule has 0 saturated carbocycles. The van der Waals surface area contributed by atoms with E-state index in [2.05, 4.69) is 16.7 Å². The number of carbonyl (C=O) groups is 1.